The monoisotopic (exact) mass is 391 g/mol. The molecule has 130 valence electrons. The number of nitrogens with zero attached hydrogens (tertiary/aromatic N) is 2. The number of ketones is 1. The summed E-state index contributed by atoms with van der Waals surface area (Å²) in [4.78, 5) is 21.0. The SMILES string of the molecule is O=C1c2ccccc2-c2ccc(Nc3cc(Cl)nc(Cl)n3)c3cccc1c23. The van der Waals surface area contributed by atoms with E-state index in [0.29, 0.717) is 11.4 Å². The van der Waals surface area contributed by atoms with E-state index in [0.717, 1.165) is 33.2 Å². The van der Waals surface area contributed by atoms with Gasteiger partial charge in [0, 0.05) is 33.7 Å². The van der Waals surface area contributed by atoms with Gasteiger partial charge < -0.3 is 5.32 Å². The van der Waals surface area contributed by atoms with Gasteiger partial charge in [-0.2, -0.15) is 0 Å². The first-order chi connectivity index (χ1) is 13.1. The van der Waals surface area contributed by atoms with E-state index in [2.05, 4.69) is 15.3 Å². The summed E-state index contributed by atoms with van der Waals surface area (Å²) in [6.45, 7) is 0. The summed E-state index contributed by atoms with van der Waals surface area (Å²) in [7, 11) is 0. The molecular formula is C21H11Cl2N3O. The minimum Gasteiger partial charge on any atom is -0.340 e. The molecule has 0 radical (unpaired) electrons. The maximum absolute atomic E-state index is 13.0. The first-order valence-corrected chi connectivity index (χ1v) is 9.04. The molecule has 0 saturated heterocycles. The van der Waals surface area contributed by atoms with E-state index in [1.165, 1.54) is 0 Å². The van der Waals surface area contributed by atoms with Gasteiger partial charge >= 0.3 is 0 Å². The zero-order chi connectivity index (χ0) is 18.5. The van der Waals surface area contributed by atoms with Gasteiger partial charge in [-0.05, 0) is 28.8 Å². The molecule has 6 heteroatoms. The Hall–Kier alpha value is -2.95. The van der Waals surface area contributed by atoms with Gasteiger partial charge in [-0.1, -0.05) is 60.1 Å². The third-order valence-corrected chi connectivity index (χ3v) is 5.04. The van der Waals surface area contributed by atoms with E-state index in [9.17, 15) is 4.79 Å². The number of halogens is 2. The highest BCUT2D eigenvalue weighted by molar-refractivity contribution is 6.32. The van der Waals surface area contributed by atoms with Gasteiger partial charge in [-0.25, -0.2) is 9.97 Å². The van der Waals surface area contributed by atoms with E-state index in [-0.39, 0.29) is 16.2 Å². The van der Waals surface area contributed by atoms with Crippen molar-refractivity contribution in [2.75, 3.05) is 5.32 Å². The number of hydrogen-bond donors (Lipinski definition) is 1. The zero-order valence-corrected chi connectivity index (χ0v) is 15.3. The van der Waals surface area contributed by atoms with Crippen molar-refractivity contribution in [1.82, 2.24) is 9.97 Å². The average Bonchev–Trinajstić information content (AvgIpc) is 2.66. The second-order valence-corrected chi connectivity index (χ2v) is 6.96. The summed E-state index contributed by atoms with van der Waals surface area (Å²) in [5.74, 6) is 0.525. The predicted octanol–water partition coefficient (Wildman–Crippen LogP) is 5.89. The molecule has 0 amide bonds. The Balaban J connectivity index is 1.74. The van der Waals surface area contributed by atoms with Crippen LogP contribution < -0.4 is 5.32 Å². The molecule has 0 atom stereocenters. The van der Waals surface area contributed by atoms with Crippen LogP contribution in [0.2, 0.25) is 10.4 Å². The van der Waals surface area contributed by atoms with Gasteiger partial charge in [-0.15, -0.1) is 0 Å². The van der Waals surface area contributed by atoms with Crippen LogP contribution in [0.5, 0.6) is 0 Å². The van der Waals surface area contributed by atoms with Crippen LogP contribution in [-0.2, 0) is 0 Å². The summed E-state index contributed by atoms with van der Waals surface area (Å²) in [6.07, 6.45) is 0. The molecule has 1 N–H and O–H groups in total. The van der Waals surface area contributed by atoms with Gasteiger partial charge in [-0.3, -0.25) is 4.79 Å². The first kappa shape index (κ1) is 16.2. The Kier molecular flexibility index (Phi) is 3.64. The number of nitrogens with one attached hydrogen (secondary N) is 1. The van der Waals surface area contributed by atoms with Crippen molar-refractivity contribution in [1.29, 1.82) is 0 Å². The number of anilines is 2. The van der Waals surface area contributed by atoms with E-state index < -0.39 is 0 Å². The van der Waals surface area contributed by atoms with Crippen molar-refractivity contribution in [2.45, 2.75) is 0 Å². The molecule has 0 unspecified atom stereocenters. The molecule has 1 aliphatic rings. The fraction of sp³-hybridized carbons (Fsp3) is 0. The van der Waals surface area contributed by atoms with Gasteiger partial charge in [0.2, 0.25) is 5.28 Å². The number of carbonyl (C=O) groups is 1. The van der Waals surface area contributed by atoms with Gasteiger partial charge in [0.1, 0.15) is 11.0 Å². The lowest BCUT2D eigenvalue weighted by Gasteiger charge is -2.21. The highest BCUT2D eigenvalue weighted by Gasteiger charge is 2.25. The Morgan fingerprint density at radius 3 is 2.37 bits per heavy atom. The van der Waals surface area contributed by atoms with Crippen molar-refractivity contribution >= 4 is 51.3 Å². The van der Waals surface area contributed by atoms with Crippen molar-refractivity contribution in [2.24, 2.45) is 0 Å². The van der Waals surface area contributed by atoms with Crippen LogP contribution >= 0.6 is 23.2 Å². The van der Waals surface area contributed by atoms with E-state index >= 15 is 0 Å². The Morgan fingerprint density at radius 1 is 0.778 bits per heavy atom. The molecule has 0 saturated carbocycles. The normalized spacial score (nSPS) is 12.1. The second kappa shape index (κ2) is 6.05. The van der Waals surface area contributed by atoms with Crippen molar-refractivity contribution < 1.29 is 4.79 Å². The van der Waals surface area contributed by atoms with Crippen molar-refractivity contribution in [3.05, 3.63) is 82.2 Å². The molecule has 1 heterocycles. The molecule has 27 heavy (non-hydrogen) atoms. The van der Waals surface area contributed by atoms with Crippen LogP contribution in [0.1, 0.15) is 15.9 Å². The van der Waals surface area contributed by atoms with Crippen molar-refractivity contribution in [3.8, 4) is 11.1 Å². The minimum atomic E-state index is 0.0361. The molecule has 3 aromatic carbocycles. The molecule has 0 aliphatic heterocycles. The summed E-state index contributed by atoms with van der Waals surface area (Å²) in [5.41, 5.74) is 4.23. The number of carbonyl (C=O) groups excluding carboxylic acids is 1. The Labute approximate surface area is 164 Å². The summed E-state index contributed by atoms with van der Waals surface area (Å²) < 4.78 is 0. The third-order valence-electron chi connectivity index (χ3n) is 4.68. The largest absolute Gasteiger partial charge is 0.340 e. The highest BCUT2D eigenvalue weighted by Crippen LogP contribution is 2.42. The highest BCUT2D eigenvalue weighted by atomic mass is 35.5. The van der Waals surface area contributed by atoms with Crippen LogP contribution in [-0.4, -0.2) is 15.8 Å². The summed E-state index contributed by atoms with van der Waals surface area (Å²) >= 11 is 11.9. The molecule has 5 rings (SSSR count). The molecule has 0 fully saturated rings. The van der Waals surface area contributed by atoms with Crippen LogP contribution in [0.4, 0.5) is 11.5 Å². The number of aromatic nitrogens is 2. The van der Waals surface area contributed by atoms with E-state index in [1.807, 2.05) is 54.6 Å². The first-order valence-electron chi connectivity index (χ1n) is 8.29. The lowest BCUT2D eigenvalue weighted by molar-refractivity contribution is 0.104. The molecule has 4 aromatic rings. The number of rotatable bonds is 2. The topological polar surface area (TPSA) is 54.9 Å². The van der Waals surface area contributed by atoms with E-state index in [4.69, 9.17) is 23.2 Å². The fourth-order valence-electron chi connectivity index (χ4n) is 3.58. The molecule has 1 aromatic heterocycles. The third kappa shape index (κ3) is 2.57. The predicted molar refractivity (Wildman–Crippen MR) is 108 cm³/mol. The molecule has 1 aliphatic carbocycles. The lowest BCUT2D eigenvalue weighted by atomic mass is 9.82. The molecule has 4 nitrogen and oxygen atoms in total. The molecule has 0 bridgehead atoms. The van der Waals surface area contributed by atoms with E-state index in [1.54, 1.807) is 6.07 Å². The Bertz CT molecular complexity index is 1230. The lowest BCUT2D eigenvalue weighted by Crippen LogP contribution is -2.10. The maximum Gasteiger partial charge on any atom is 0.225 e. The van der Waals surface area contributed by atoms with Crippen LogP contribution in [0.25, 0.3) is 21.9 Å². The Morgan fingerprint density at radius 2 is 1.56 bits per heavy atom. The summed E-state index contributed by atoms with van der Waals surface area (Å²) in [5, 5.41) is 5.42. The zero-order valence-electron chi connectivity index (χ0n) is 13.8. The second-order valence-electron chi connectivity index (χ2n) is 6.23. The van der Waals surface area contributed by atoms with Crippen LogP contribution in [0.3, 0.4) is 0 Å². The molecule has 0 spiro atoms. The maximum atomic E-state index is 13.0. The van der Waals surface area contributed by atoms with Crippen LogP contribution in [0, 0.1) is 0 Å². The number of fused-ring (bicyclic) bond motifs is 2. The van der Waals surface area contributed by atoms with Crippen molar-refractivity contribution in [3.63, 3.8) is 0 Å². The van der Waals surface area contributed by atoms with Gasteiger partial charge in [0.25, 0.3) is 0 Å². The number of hydrogen-bond acceptors (Lipinski definition) is 4. The van der Waals surface area contributed by atoms with Gasteiger partial charge in [0.05, 0.1) is 0 Å². The van der Waals surface area contributed by atoms with Crippen LogP contribution in [0.15, 0.2) is 60.7 Å². The quantitative estimate of drug-likeness (QED) is 0.301. The molecular weight excluding hydrogens is 381 g/mol. The minimum absolute atomic E-state index is 0.0361. The van der Waals surface area contributed by atoms with Gasteiger partial charge in [0.15, 0.2) is 5.78 Å². The standard InChI is InChI=1S/C21H11Cl2N3O/c22-17-10-18(26-21(23)25-17)24-16-9-8-12-11-4-1-2-5-13(11)20(27)15-7-3-6-14(16)19(12)15/h1-10H,(H,24,25,26). The number of benzene rings is 3. The fourth-order valence-corrected chi connectivity index (χ4v) is 3.99. The summed E-state index contributed by atoms with van der Waals surface area (Å²) in [6, 6.07) is 19.0. The average molecular weight is 392 g/mol. The smallest absolute Gasteiger partial charge is 0.225 e.